The monoisotopic (exact) mass is 542 g/mol. The summed E-state index contributed by atoms with van der Waals surface area (Å²) in [5, 5.41) is 25.3. The Hall–Kier alpha value is -5.03. The number of hydrogen-bond donors (Lipinski definition) is 4. The molecule has 39 heavy (non-hydrogen) atoms. The molecule has 1 amide bonds. The molecule has 5 rings (SSSR count). The molecule has 1 saturated heterocycles. The summed E-state index contributed by atoms with van der Waals surface area (Å²) >= 11 is 5.60. The van der Waals surface area contributed by atoms with Crippen LogP contribution < -0.4 is 10.6 Å². The number of para-hydroxylation sites is 1. The Morgan fingerprint density at radius 1 is 0.949 bits per heavy atom. The topological polar surface area (TPSA) is 145 Å². The third kappa shape index (κ3) is 5.48. The van der Waals surface area contributed by atoms with Crippen LogP contribution in [0.25, 0.3) is 11.3 Å². The van der Waals surface area contributed by atoms with Gasteiger partial charge in [0, 0.05) is 17.4 Å². The molecule has 0 aliphatic carbocycles. The minimum atomic E-state index is -1.26. The minimum absolute atomic E-state index is 0.0809. The maximum Gasteiger partial charge on any atom is 0.335 e. The van der Waals surface area contributed by atoms with E-state index in [-0.39, 0.29) is 34.9 Å². The van der Waals surface area contributed by atoms with Crippen LogP contribution in [0.1, 0.15) is 44.3 Å². The van der Waals surface area contributed by atoms with Gasteiger partial charge in [0.15, 0.2) is 5.11 Å². The molecule has 1 aliphatic heterocycles. The van der Waals surface area contributed by atoms with Crippen molar-refractivity contribution < 1.29 is 29.0 Å². The standard InChI is InChI=1S/C28H22N4O6S/c33-23(30-19-6-2-1-3-7-19)15-32-25(24(31-28(32)39)20-8-4-5-11-29-20)22-10-9-21(38-22)16-12-17(26(34)35)14-18(13-16)27(36)37/h1-14,24-25H,15H2,(H,30,33)(H,31,39)(H,34,35)(H,36,37)/t24-,25+/m0/s1. The van der Waals surface area contributed by atoms with Crippen LogP contribution in [0, 0.1) is 0 Å². The molecule has 1 aliphatic rings. The van der Waals surface area contributed by atoms with Crippen LogP contribution in [0.15, 0.2) is 89.5 Å². The van der Waals surface area contributed by atoms with Crippen molar-refractivity contribution in [2.75, 3.05) is 11.9 Å². The number of carboxylic acids is 2. The van der Waals surface area contributed by atoms with Gasteiger partial charge in [-0.05, 0) is 66.8 Å². The average molecular weight is 543 g/mol. The summed E-state index contributed by atoms with van der Waals surface area (Å²) in [4.78, 5) is 42.3. The molecule has 4 aromatic rings. The molecule has 1 fully saturated rings. The van der Waals surface area contributed by atoms with E-state index in [0.29, 0.717) is 22.3 Å². The van der Waals surface area contributed by atoms with E-state index in [1.807, 2.05) is 30.3 Å². The molecule has 2 aromatic carbocycles. The van der Waals surface area contributed by atoms with Gasteiger partial charge in [-0.1, -0.05) is 24.3 Å². The average Bonchev–Trinajstić information content (AvgIpc) is 3.54. The lowest BCUT2D eigenvalue weighted by molar-refractivity contribution is -0.116. The summed E-state index contributed by atoms with van der Waals surface area (Å²) in [6.45, 7) is -0.0809. The number of pyridine rings is 1. The number of rotatable bonds is 8. The fourth-order valence-corrected chi connectivity index (χ4v) is 4.75. The molecule has 4 N–H and O–H groups in total. The predicted molar refractivity (Wildman–Crippen MR) is 145 cm³/mol. The normalized spacial score (nSPS) is 16.5. The van der Waals surface area contributed by atoms with Crippen molar-refractivity contribution in [3.63, 3.8) is 0 Å². The number of carbonyl (C=O) groups excluding carboxylic acids is 1. The number of amides is 1. The summed E-state index contributed by atoms with van der Waals surface area (Å²) in [6, 6.07) is 20.6. The number of benzene rings is 2. The third-order valence-electron chi connectivity index (χ3n) is 6.20. The number of carboxylic acid groups (broad SMARTS) is 2. The van der Waals surface area contributed by atoms with Crippen LogP contribution in [0.2, 0.25) is 0 Å². The van der Waals surface area contributed by atoms with Crippen molar-refractivity contribution in [1.82, 2.24) is 15.2 Å². The summed E-state index contributed by atoms with van der Waals surface area (Å²) < 4.78 is 6.17. The number of thiocarbonyl (C=S) groups is 1. The van der Waals surface area contributed by atoms with E-state index in [2.05, 4.69) is 15.6 Å². The van der Waals surface area contributed by atoms with Gasteiger partial charge < -0.3 is 30.2 Å². The molecular weight excluding hydrogens is 520 g/mol. The van der Waals surface area contributed by atoms with Gasteiger partial charge in [0.1, 0.15) is 24.1 Å². The maximum atomic E-state index is 13.0. The quantitative estimate of drug-likeness (QED) is 0.237. The molecule has 0 radical (unpaired) electrons. The molecule has 3 heterocycles. The fourth-order valence-electron chi connectivity index (χ4n) is 4.45. The Morgan fingerprint density at radius 2 is 1.64 bits per heavy atom. The first-order valence-electron chi connectivity index (χ1n) is 11.8. The van der Waals surface area contributed by atoms with Crippen LogP contribution >= 0.6 is 12.2 Å². The first-order chi connectivity index (χ1) is 18.8. The zero-order valence-electron chi connectivity index (χ0n) is 20.3. The van der Waals surface area contributed by atoms with Gasteiger partial charge >= 0.3 is 11.9 Å². The molecule has 0 saturated carbocycles. The highest BCUT2D eigenvalue weighted by Crippen LogP contribution is 2.40. The van der Waals surface area contributed by atoms with E-state index in [1.54, 1.807) is 41.4 Å². The molecule has 11 heteroatoms. The van der Waals surface area contributed by atoms with Gasteiger partial charge in [-0.15, -0.1) is 0 Å². The van der Waals surface area contributed by atoms with Crippen molar-refractivity contribution >= 4 is 40.9 Å². The smallest absolute Gasteiger partial charge is 0.335 e. The van der Waals surface area contributed by atoms with Gasteiger partial charge in [0.25, 0.3) is 0 Å². The van der Waals surface area contributed by atoms with Crippen LogP contribution in [0.5, 0.6) is 0 Å². The second kappa shape index (κ2) is 10.8. The molecule has 2 aromatic heterocycles. The van der Waals surface area contributed by atoms with Crippen LogP contribution in [-0.4, -0.2) is 49.6 Å². The van der Waals surface area contributed by atoms with E-state index in [1.165, 1.54) is 12.1 Å². The van der Waals surface area contributed by atoms with Crippen molar-refractivity contribution in [3.8, 4) is 11.3 Å². The number of aromatic nitrogens is 1. The summed E-state index contributed by atoms with van der Waals surface area (Å²) in [5.41, 5.74) is 1.24. The molecule has 0 spiro atoms. The van der Waals surface area contributed by atoms with Gasteiger partial charge in [-0.2, -0.15) is 0 Å². The Morgan fingerprint density at radius 3 is 2.28 bits per heavy atom. The van der Waals surface area contributed by atoms with Gasteiger partial charge in [-0.3, -0.25) is 9.78 Å². The first kappa shape index (κ1) is 25.6. The largest absolute Gasteiger partial charge is 0.478 e. The number of hydrogen-bond acceptors (Lipinski definition) is 6. The summed E-state index contributed by atoms with van der Waals surface area (Å²) in [7, 11) is 0. The van der Waals surface area contributed by atoms with E-state index in [9.17, 15) is 24.6 Å². The van der Waals surface area contributed by atoms with Gasteiger partial charge in [0.05, 0.1) is 22.9 Å². The highest BCUT2D eigenvalue weighted by molar-refractivity contribution is 7.80. The number of carbonyl (C=O) groups is 3. The zero-order valence-corrected chi connectivity index (χ0v) is 21.1. The van der Waals surface area contributed by atoms with Crippen molar-refractivity contribution in [2.24, 2.45) is 0 Å². The van der Waals surface area contributed by atoms with Crippen molar-refractivity contribution in [1.29, 1.82) is 0 Å². The van der Waals surface area contributed by atoms with E-state index in [4.69, 9.17) is 16.6 Å². The molecule has 2 atom stereocenters. The minimum Gasteiger partial charge on any atom is -0.478 e. The van der Waals surface area contributed by atoms with Crippen LogP contribution in [0.3, 0.4) is 0 Å². The second-order valence-electron chi connectivity index (χ2n) is 8.78. The maximum absolute atomic E-state index is 13.0. The highest BCUT2D eigenvalue weighted by Gasteiger charge is 2.42. The molecule has 0 unspecified atom stereocenters. The van der Waals surface area contributed by atoms with Gasteiger partial charge in [-0.25, -0.2) is 9.59 Å². The van der Waals surface area contributed by atoms with Crippen LogP contribution in [0.4, 0.5) is 5.69 Å². The lowest BCUT2D eigenvalue weighted by atomic mass is 10.0. The molecule has 10 nitrogen and oxygen atoms in total. The Bertz CT molecular complexity index is 1520. The lowest BCUT2D eigenvalue weighted by Gasteiger charge is -2.25. The molecule has 196 valence electrons. The first-order valence-corrected chi connectivity index (χ1v) is 12.3. The Labute approximate surface area is 227 Å². The number of nitrogens with one attached hydrogen (secondary N) is 2. The second-order valence-corrected chi connectivity index (χ2v) is 9.17. The number of aromatic carboxylic acids is 2. The SMILES string of the molecule is O=C(CN1C(=S)N[C@@H](c2ccccn2)[C@H]1c1ccc(-c2cc(C(=O)O)cc(C(=O)O)c2)o1)Nc1ccccc1. The zero-order chi connectivity index (χ0) is 27.5. The van der Waals surface area contributed by atoms with E-state index < -0.39 is 24.0 Å². The fraction of sp³-hybridized carbons (Fsp3) is 0.107. The van der Waals surface area contributed by atoms with Crippen LogP contribution in [-0.2, 0) is 4.79 Å². The highest BCUT2D eigenvalue weighted by atomic mass is 32.1. The number of nitrogens with zero attached hydrogens (tertiary/aromatic N) is 2. The Kier molecular flexibility index (Phi) is 7.06. The lowest BCUT2D eigenvalue weighted by Crippen LogP contribution is -2.36. The third-order valence-corrected chi connectivity index (χ3v) is 6.55. The summed E-state index contributed by atoms with van der Waals surface area (Å²) in [6.07, 6.45) is 1.65. The van der Waals surface area contributed by atoms with Crippen molar-refractivity contribution in [3.05, 3.63) is 108 Å². The van der Waals surface area contributed by atoms with E-state index in [0.717, 1.165) is 6.07 Å². The molecular formula is C28H22N4O6S. The van der Waals surface area contributed by atoms with E-state index >= 15 is 0 Å². The summed E-state index contributed by atoms with van der Waals surface area (Å²) in [5.74, 6) is -2.12. The number of furan rings is 1. The Balaban J connectivity index is 1.50. The van der Waals surface area contributed by atoms with Gasteiger partial charge in [0.2, 0.25) is 5.91 Å². The predicted octanol–water partition coefficient (Wildman–Crippen LogP) is 4.35. The molecule has 0 bridgehead atoms. The van der Waals surface area contributed by atoms with Crippen molar-refractivity contribution in [2.45, 2.75) is 12.1 Å². The number of anilines is 1.